The molecule has 0 bridgehead atoms. The van der Waals surface area contributed by atoms with E-state index in [1.807, 2.05) is 55.5 Å². The monoisotopic (exact) mass is 319 g/mol. The van der Waals surface area contributed by atoms with Gasteiger partial charge in [0.2, 0.25) is 0 Å². The van der Waals surface area contributed by atoms with Crippen LogP contribution in [-0.4, -0.2) is 11.3 Å². The third-order valence-corrected chi connectivity index (χ3v) is 3.78. The van der Waals surface area contributed by atoms with E-state index < -0.39 is 0 Å². The molecule has 2 N–H and O–H groups in total. The van der Waals surface area contributed by atoms with Crippen LogP contribution in [0, 0.1) is 6.92 Å². The van der Waals surface area contributed by atoms with Crippen LogP contribution >= 0.6 is 12.2 Å². The van der Waals surface area contributed by atoms with Crippen molar-refractivity contribution in [2.24, 2.45) is 5.10 Å². The molecule has 0 spiro atoms. The van der Waals surface area contributed by atoms with Gasteiger partial charge in [-0.2, -0.15) is 5.10 Å². The van der Waals surface area contributed by atoms with Crippen molar-refractivity contribution in [2.75, 3.05) is 5.32 Å². The lowest BCUT2D eigenvalue weighted by Gasteiger charge is -2.09. The molecular formula is C19H17N3S. The van der Waals surface area contributed by atoms with Crippen molar-refractivity contribution in [3.8, 4) is 0 Å². The second kappa shape index (κ2) is 7.03. The summed E-state index contributed by atoms with van der Waals surface area (Å²) in [5.41, 5.74) is 6.02. The van der Waals surface area contributed by atoms with Crippen molar-refractivity contribution in [3.05, 3.63) is 77.9 Å². The van der Waals surface area contributed by atoms with E-state index in [1.165, 1.54) is 10.8 Å². The van der Waals surface area contributed by atoms with Gasteiger partial charge in [-0.25, -0.2) is 0 Å². The molecule has 114 valence electrons. The standard InChI is InChI=1S/C19H17N3S/c1-14-7-2-5-12-18(14)21-19(23)22-20-13-16-10-6-9-15-8-3-4-11-17(15)16/h2-13H,1H3,(H2,21,22,23)/b20-13-. The number of hydrogen-bond acceptors (Lipinski definition) is 2. The first kappa shape index (κ1) is 15.2. The number of hydrazone groups is 1. The number of rotatable bonds is 3. The van der Waals surface area contributed by atoms with Crippen molar-refractivity contribution >= 4 is 40.0 Å². The van der Waals surface area contributed by atoms with E-state index in [-0.39, 0.29) is 0 Å². The van der Waals surface area contributed by atoms with Crippen molar-refractivity contribution < 1.29 is 0 Å². The summed E-state index contributed by atoms with van der Waals surface area (Å²) >= 11 is 5.27. The Bertz CT molecular complexity index is 866. The van der Waals surface area contributed by atoms with Crippen molar-refractivity contribution in [1.82, 2.24) is 5.43 Å². The van der Waals surface area contributed by atoms with Gasteiger partial charge in [0.15, 0.2) is 5.11 Å². The van der Waals surface area contributed by atoms with E-state index in [9.17, 15) is 0 Å². The summed E-state index contributed by atoms with van der Waals surface area (Å²) in [4.78, 5) is 0. The number of hydrogen-bond donors (Lipinski definition) is 2. The molecule has 0 aliphatic heterocycles. The van der Waals surface area contributed by atoms with Crippen LogP contribution in [0.4, 0.5) is 5.69 Å². The van der Waals surface area contributed by atoms with Gasteiger partial charge in [-0.15, -0.1) is 0 Å². The maximum absolute atomic E-state index is 5.27. The minimum absolute atomic E-state index is 0.468. The molecule has 0 amide bonds. The first-order valence-corrected chi connectivity index (χ1v) is 7.78. The Morgan fingerprint density at radius 3 is 2.57 bits per heavy atom. The number of aryl methyl sites for hydroxylation is 1. The van der Waals surface area contributed by atoms with E-state index in [2.05, 4.69) is 34.0 Å². The SMILES string of the molecule is Cc1ccccc1NC(=S)N/N=C\c1cccc2ccccc12. The minimum atomic E-state index is 0.468. The Balaban J connectivity index is 1.69. The highest BCUT2D eigenvalue weighted by atomic mass is 32.1. The molecule has 0 heterocycles. The summed E-state index contributed by atoms with van der Waals surface area (Å²) in [6.07, 6.45) is 1.79. The predicted molar refractivity (Wildman–Crippen MR) is 102 cm³/mol. The summed E-state index contributed by atoms with van der Waals surface area (Å²) in [5.74, 6) is 0. The predicted octanol–water partition coefficient (Wildman–Crippen LogP) is 4.47. The fourth-order valence-corrected chi connectivity index (χ4v) is 2.55. The van der Waals surface area contributed by atoms with Gasteiger partial charge in [-0.3, -0.25) is 5.43 Å². The molecule has 0 aromatic heterocycles. The van der Waals surface area contributed by atoms with Crippen molar-refractivity contribution in [2.45, 2.75) is 6.92 Å². The van der Waals surface area contributed by atoms with Gasteiger partial charge in [0.1, 0.15) is 0 Å². The van der Waals surface area contributed by atoms with E-state index in [0.29, 0.717) is 5.11 Å². The highest BCUT2D eigenvalue weighted by Crippen LogP contribution is 2.16. The molecule has 0 atom stereocenters. The number of nitrogens with zero attached hydrogens (tertiary/aromatic N) is 1. The molecule has 0 saturated heterocycles. The van der Waals surface area contributed by atoms with Crippen LogP contribution in [0.25, 0.3) is 10.8 Å². The highest BCUT2D eigenvalue weighted by Gasteiger charge is 1.99. The summed E-state index contributed by atoms with van der Waals surface area (Å²) in [6.45, 7) is 2.03. The number of anilines is 1. The fraction of sp³-hybridized carbons (Fsp3) is 0.0526. The van der Waals surface area contributed by atoms with Gasteiger partial charge in [0, 0.05) is 11.3 Å². The second-order valence-corrected chi connectivity index (χ2v) is 5.62. The van der Waals surface area contributed by atoms with Crippen LogP contribution in [0.5, 0.6) is 0 Å². The maximum Gasteiger partial charge on any atom is 0.191 e. The van der Waals surface area contributed by atoms with E-state index >= 15 is 0 Å². The average molecular weight is 319 g/mol. The van der Waals surface area contributed by atoms with E-state index in [4.69, 9.17) is 12.2 Å². The topological polar surface area (TPSA) is 36.4 Å². The van der Waals surface area contributed by atoms with Crippen LogP contribution < -0.4 is 10.7 Å². The second-order valence-electron chi connectivity index (χ2n) is 5.21. The summed E-state index contributed by atoms with van der Waals surface area (Å²) < 4.78 is 0. The number of para-hydroxylation sites is 1. The molecule has 4 heteroatoms. The Labute approximate surface area is 141 Å². The molecule has 23 heavy (non-hydrogen) atoms. The molecule has 3 rings (SSSR count). The van der Waals surface area contributed by atoms with Gasteiger partial charge < -0.3 is 5.32 Å². The lowest BCUT2D eigenvalue weighted by Crippen LogP contribution is -2.24. The number of thiocarbonyl (C=S) groups is 1. The van der Waals surface area contributed by atoms with E-state index in [0.717, 1.165) is 16.8 Å². The van der Waals surface area contributed by atoms with Gasteiger partial charge in [-0.1, -0.05) is 60.7 Å². The molecule has 3 nitrogen and oxygen atoms in total. The molecule has 0 radical (unpaired) electrons. The first-order valence-electron chi connectivity index (χ1n) is 7.37. The lowest BCUT2D eigenvalue weighted by atomic mass is 10.1. The van der Waals surface area contributed by atoms with Gasteiger partial charge in [-0.05, 0) is 41.5 Å². The highest BCUT2D eigenvalue weighted by molar-refractivity contribution is 7.80. The smallest absolute Gasteiger partial charge is 0.191 e. The van der Waals surface area contributed by atoms with Crippen LogP contribution in [0.2, 0.25) is 0 Å². The summed E-state index contributed by atoms with van der Waals surface area (Å²) in [6, 6.07) is 22.4. The van der Waals surface area contributed by atoms with Crippen LogP contribution in [-0.2, 0) is 0 Å². The summed E-state index contributed by atoms with van der Waals surface area (Å²) in [5, 5.41) is 10.2. The normalized spacial score (nSPS) is 10.8. The molecule has 0 aliphatic carbocycles. The van der Waals surface area contributed by atoms with Gasteiger partial charge >= 0.3 is 0 Å². The number of benzene rings is 3. The first-order chi connectivity index (χ1) is 11.2. The zero-order valence-electron chi connectivity index (χ0n) is 12.8. The Morgan fingerprint density at radius 1 is 0.957 bits per heavy atom. The third-order valence-electron chi connectivity index (χ3n) is 3.59. The molecule has 0 fully saturated rings. The molecule has 3 aromatic rings. The van der Waals surface area contributed by atoms with E-state index in [1.54, 1.807) is 6.21 Å². The van der Waals surface area contributed by atoms with Crippen LogP contribution in [0.15, 0.2) is 71.8 Å². The quantitative estimate of drug-likeness (QED) is 0.425. The lowest BCUT2D eigenvalue weighted by molar-refractivity contribution is 1.05. The minimum Gasteiger partial charge on any atom is -0.331 e. The zero-order chi connectivity index (χ0) is 16.1. The largest absolute Gasteiger partial charge is 0.331 e. The Hall–Kier alpha value is -2.72. The third kappa shape index (κ3) is 3.73. The average Bonchev–Trinajstić information content (AvgIpc) is 2.57. The molecule has 3 aromatic carbocycles. The van der Waals surface area contributed by atoms with Crippen molar-refractivity contribution in [1.29, 1.82) is 0 Å². The van der Waals surface area contributed by atoms with Crippen LogP contribution in [0.1, 0.15) is 11.1 Å². The zero-order valence-corrected chi connectivity index (χ0v) is 13.6. The fourth-order valence-electron chi connectivity index (χ4n) is 2.39. The number of fused-ring (bicyclic) bond motifs is 1. The molecule has 0 aliphatic rings. The van der Waals surface area contributed by atoms with Crippen molar-refractivity contribution in [3.63, 3.8) is 0 Å². The maximum atomic E-state index is 5.27. The Morgan fingerprint density at radius 2 is 1.70 bits per heavy atom. The van der Waals surface area contributed by atoms with Gasteiger partial charge in [0.25, 0.3) is 0 Å². The van der Waals surface area contributed by atoms with Gasteiger partial charge in [0.05, 0.1) is 6.21 Å². The summed E-state index contributed by atoms with van der Waals surface area (Å²) in [7, 11) is 0. The number of nitrogens with one attached hydrogen (secondary N) is 2. The molecular weight excluding hydrogens is 302 g/mol. The Kier molecular flexibility index (Phi) is 4.64. The van der Waals surface area contributed by atoms with Crippen LogP contribution in [0.3, 0.4) is 0 Å². The molecule has 0 saturated carbocycles. The molecule has 0 unspecified atom stereocenters.